The van der Waals surface area contributed by atoms with Gasteiger partial charge in [0.25, 0.3) is 0 Å². The van der Waals surface area contributed by atoms with Gasteiger partial charge in [0.1, 0.15) is 11.4 Å². The molecule has 0 amide bonds. The summed E-state index contributed by atoms with van der Waals surface area (Å²) in [5.41, 5.74) is 3.37. The van der Waals surface area contributed by atoms with E-state index in [2.05, 4.69) is 19.0 Å². The van der Waals surface area contributed by atoms with E-state index in [1.807, 2.05) is 19.1 Å². The lowest BCUT2D eigenvalue weighted by Gasteiger charge is -2.15. The van der Waals surface area contributed by atoms with Gasteiger partial charge in [-0.15, -0.1) is 0 Å². The maximum atomic E-state index is 10.9. The molecule has 0 unspecified atom stereocenters. The average Bonchev–Trinajstić information content (AvgIpc) is 2.87. The van der Waals surface area contributed by atoms with Crippen molar-refractivity contribution in [1.82, 2.24) is 5.16 Å². The van der Waals surface area contributed by atoms with Crippen molar-refractivity contribution in [2.75, 3.05) is 7.11 Å². The van der Waals surface area contributed by atoms with Gasteiger partial charge in [-0.05, 0) is 36.1 Å². The molecule has 20 heavy (non-hydrogen) atoms. The number of hydrogen-bond donors (Lipinski definition) is 1. The second-order valence-corrected chi connectivity index (χ2v) is 4.95. The van der Waals surface area contributed by atoms with Gasteiger partial charge >= 0.3 is 5.97 Å². The Labute approximate surface area is 117 Å². The molecule has 106 valence electrons. The smallest absolute Gasteiger partial charge is 0.374 e. The number of carboxylic acids is 1. The summed E-state index contributed by atoms with van der Waals surface area (Å²) < 4.78 is 10.2. The quantitative estimate of drug-likeness (QED) is 0.924. The number of benzene rings is 1. The Morgan fingerprint density at radius 1 is 1.35 bits per heavy atom. The van der Waals surface area contributed by atoms with E-state index in [9.17, 15) is 4.79 Å². The van der Waals surface area contributed by atoms with E-state index in [0.29, 0.717) is 5.69 Å². The number of methoxy groups -OCH3 is 1. The minimum Gasteiger partial charge on any atom is -0.496 e. The summed E-state index contributed by atoms with van der Waals surface area (Å²) in [7, 11) is 1.64. The molecule has 1 N–H and O–H groups in total. The minimum absolute atomic E-state index is 0.165. The summed E-state index contributed by atoms with van der Waals surface area (Å²) in [5.74, 6) is -0.182. The second-order valence-electron chi connectivity index (χ2n) is 4.95. The van der Waals surface area contributed by atoms with Gasteiger partial charge in [-0.25, -0.2) is 4.79 Å². The molecule has 2 rings (SSSR count). The molecule has 0 fully saturated rings. The highest BCUT2D eigenvalue weighted by atomic mass is 16.5. The molecule has 5 nitrogen and oxygen atoms in total. The molecular weight excluding hydrogens is 258 g/mol. The summed E-state index contributed by atoms with van der Waals surface area (Å²) in [6.07, 6.45) is 0. The van der Waals surface area contributed by atoms with Crippen molar-refractivity contribution in [2.24, 2.45) is 0 Å². The van der Waals surface area contributed by atoms with Crippen molar-refractivity contribution in [3.8, 4) is 17.0 Å². The van der Waals surface area contributed by atoms with Gasteiger partial charge in [-0.1, -0.05) is 19.0 Å². The summed E-state index contributed by atoms with van der Waals surface area (Å²) in [4.78, 5) is 10.9. The molecule has 0 aliphatic heterocycles. The number of ether oxygens (including phenoxy) is 1. The van der Waals surface area contributed by atoms with Crippen LogP contribution in [0.1, 0.15) is 41.4 Å². The van der Waals surface area contributed by atoms with Crippen molar-refractivity contribution in [3.63, 3.8) is 0 Å². The Kier molecular flexibility index (Phi) is 3.79. The predicted octanol–water partition coefficient (Wildman–Crippen LogP) is 3.48. The Balaban J connectivity index is 2.55. The lowest BCUT2D eigenvalue weighted by atomic mass is 9.95. The molecule has 0 aliphatic rings. The molecule has 0 spiro atoms. The SMILES string of the molecule is COc1cc(C)c(-c2cc(C(=O)O)on2)cc1C(C)C. The van der Waals surface area contributed by atoms with Crippen molar-refractivity contribution in [3.05, 3.63) is 35.1 Å². The van der Waals surface area contributed by atoms with Crippen molar-refractivity contribution >= 4 is 5.97 Å². The second kappa shape index (κ2) is 5.36. The first-order chi connectivity index (χ1) is 9.43. The summed E-state index contributed by atoms with van der Waals surface area (Å²) in [6.45, 7) is 6.07. The first-order valence-electron chi connectivity index (χ1n) is 6.33. The molecule has 1 aromatic heterocycles. The van der Waals surface area contributed by atoms with E-state index in [4.69, 9.17) is 14.4 Å². The van der Waals surface area contributed by atoms with Crippen LogP contribution >= 0.6 is 0 Å². The van der Waals surface area contributed by atoms with Crippen LogP contribution in [0.4, 0.5) is 0 Å². The van der Waals surface area contributed by atoms with Crippen LogP contribution in [0, 0.1) is 6.92 Å². The summed E-state index contributed by atoms with van der Waals surface area (Å²) in [6, 6.07) is 5.34. The third-order valence-electron chi connectivity index (χ3n) is 3.20. The van der Waals surface area contributed by atoms with E-state index in [0.717, 1.165) is 22.4 Å². The van der Waals surface area contributed by atoms with Crippen LogP contribution in [0.15, 0.2) is 22.7 Å². The Morgan fingerprint density at radius 2 is 2.05 bits per heavy atom. The highest BCUT2D eigenvalue weighted by molar-refractivity contribution is 5.86. The Bertz CT molecular complexity index is 643. The van der Waals surface area contributed by atoms with Gasteiger partial charge in [0.2, 0.25) is 5.76 Å². The van der Waals surface area contributed by atoms with Crippen LogP contribution in [0.5, 0.6) is 5.75 Å². The normalized spacial score (nSPS) is 10.8. The van der Waals surface area contributed by atoms with Gasteiger partial charge in [0.05, 0.1) is 7.11 Å². The molecule has 0 aliphatic carbocycles. The molecule has 0 saturated heterocycles. The highest BCUT2D eigenvalue weighted by Crippen LogP contribution is 2.34. The van der Waals surface area contributed by atoms with Gasteiger partial charge in [-0.2, -0.15) is 0 Å². The molecule has 0 saturated carbocycles. The Hall–Kier alpha value is -2.30. The summed E-state index contributed by atoms with van der Waals surface area (Å²) in [5, 5.41) is 12.7. The first kappa shape index (κ1) is 14.1. The lowest BCUT2D eigenvalue weighted by molar-refractivity contribution is 0.0652. The lowest BCUT2D eigenvalue weighted by Crippen LogP contribution is -1.97. The number of nitrogens with zero attached hydrogens (tertiary/aromatic N) is 1. The summed E-state index contributed by atoms with van der Waals surface area (Å²) >= 11 is 0. The number of aryl methyl sites for hydroxylation is 1. The molecule has 2 aromatic rings. The zero-order chi connectivity index (χ0) is 14.9. The number of hydrogen-bond acceptors (Lipinski definition) is 4. The minimum atomic E-state index is -1.13. The molecule has 0 bridgehead atoms. The maximum Gasteiger partial charge on any atom is 0.374 e. The number of aromatic carboxylic acids is 1. The monoisotopic (exact) mass is 275 g/mol. The fourth-order valence-corrected chi connectivity index (χ4v) is 2.11. The van der Waals surface area contributed by atoms with Crippen LogP contribution in [-0.4, -0.2) is 23.3 Å². The van der Waals surface area contributed by atoms with Crippen molar-refractivity contribution in [2.45, 2.75) is 26.7 Å². The largest absolute Gasteiger partial charge is 0.496 e. The third kappa shape index (κ3) is 2.52. The molecule has 0 atom stereocenters. The predicted molar refractivity (Wildman–Crippen MR) is 74.3 cm³/mol. The first-order valence-corrected chi connectivity index (χ1v) is 6.33. The van der Waals surface area contributed by atoms with Gasteiger partial charge < -0.3 is 14.4 Å². The van der Waals surface area contributed by atoms with Crippen LogP contribution in [0.3, 0.4) is 0 Å². The van der Waals surface area contributed by atoms with Gasteiger partial charge in [0.15, 0.2) is 0 Å². The number of rotatable bonds is 4. The van der Waals surface area contributed by atoms with Crippen LogP contribution in [0.2, 0.25) is 0 Å². The highest BCUT2D eigenvalue weighted by Gasteiger charge is 2.17. The maximum absolute atomic E-state index is 10.9. The average molecular weight is 275 g/mol. The Morgan fingerprint density at radius 3 is 2.55 bits per heavy atom. The topological polar surface area (TPSA) is 72.6 Å². The third-order valence-corrected chi connectivity index (χ3v) is 3.20. The van der Waals surface area contributed by atoms with Crippen LogP contribution < -0.4 is 4.74 Å². The van der Waals surface area contributed by atoms with Crippen LogP contribution in [0.25, 0.3) is 11.3 Å². The van der Waals surface area contributed by atoms with E-state index in [1.54, 1.807) is 7.11 Å². The molecule has 1 heterocycles. The zero-order valence-electron chi connectivity index (χ0n) is 11.9. The van der Waals surface area contributed by atoms with Crippen molar-refractivity contribution < 1.29 is 19.2 Å². The van der Waals surface area contributed by atoms with E-state index < -0.39 is 5.97 Å². The van der Waals surface area contributed by atoms with E-state index in [1.165, 1.54) is 6.07 Å². The van der Waals surface area contributed by atoms with Gasteiger partial charge in [0, 0.05) is 11.6 Å². The fraction of sp³-hybridized carbons (Fsp3) is 0.333. The van der Waals surface area contributed by atoms with Crippen LogP contribution in [-0.2, 0) is 0 Å². The molecule has 1 aromatic carbocycles. The fourth-order valence-electron chi connectivity index (χ4n) is 2.11. The molecule has 0 radical (unpaired) electrons. The number of carboxylic acid groups (broad SMARTS) is 1. The van der Waals surface area contributed by atoms with E-state index in [-0.39, 0.29) is 11.7 Å². The van der Waals surface area contributed by atoms with E-state index >= 15 is 0 Å². The number of aromatic nitrogens is 1. The zero-order valence-corrected chi connectivity index (χ0v) is 11.9. The van der Waals surface area contributed by atoms with Crippen molar-refractivity contribution in [1.29, 1.82) is 0 Å². The number of carbonyl (C=O) groups is 1. The standard InChI is InChI=1S/C15H17NO4/c1-8(2)10-6-11(9(3)5-13(10)19-4)12-7-14(15(17)18)20-16-12/h5-8H,1-4H3,(H,17,18). The van der Waals surface area contributed by atoms with Gasteiger partial charge in [-0.3, -0.25) is 0 Å². The molecular formula is C15H17NO4. The molecule has 5 heteroatoms.